The van der Waals surface area contributed by atoms with Gasteiger partial charge in [0.05, 0.1) is 5.56 Å². The molecule has 1 heterocycles. The van der Waals surface area contributed by atoms with Crippen molar-refractivity contribution in [3.8, 4) is 0 Å². The molecule has 0 fully saturated rings. The Morgan fingerprint density at radius 3 is 2.87 bits per heavy atom. The van der Waals surface area contributed by atoms with Crippen molar-refractivity contribution in [2.45, 2.75) is 29.8 Å². The van der Waals surface area contributed by atoms with Crippen molar-refractivity contribution in [1.82, 2.24) is 0 Å². The zero-order chi connectivity index (χ0) is 10.9. The Morgan fingerprint density at radius 2 is 2.13 bits per heavy atom. The van der Waals surface area contributed by atoms with Crippen LogP contribution < -0.4 is 0 Å². The van der Waals surface area contributed by atoms with Gasteiger partial charge in [-0.3, -0.25) is 0 Å². The number of cyclic esters (lactones) is 1. The second kappa shape index (κ2) is 4.12. The highest BCUT2D eigenvalue weighted by Crippen LogP contribution is 2.45. The molecule has 1 atom stereocenters. The van der Waals surface area contributed by atoms with Crippen molar-refractivity contribution in [3.63, 3.8) is 0 Å². The van der Waals surface area contributed by atoms with Gasteiger partial charge in [0.25, 0.3) is 0 Å². The molecule has 0 amide bonds. The summed E-state index contributed by atoms with van der Waals surface area (Å²) in [5, 5.41) is 0. The van der Waals surface area contributed by atoms with E-state index in [0.717, 1.165) is 30.4 Å². The van der Waals surface area contributed by atoms with Crippen molar-refractivity contribution in [3.05, 3.63) is 35.4 Å². The molecule has 0 aromatic heterocycles. The van der Waals surface area contributed by atoms with E-state index in [9.17, 15) is 4.79 Å². The van der Waals surface area contributed by atoms with Crippen LogP contribution in [0.3, 0.4) is 0 Å². The van der Waals surface area contributed by atoms with E-state index in [0.29, 0.717) is 0 Å². The normalized spacial score (nSPS) is 23.7. The number of fused-ring (bicyclic) bond motifs is 1. The molecule has 15 heavy (non-hydrogen) atoms. The number of alkyl halides is 1. The van der Waals surface area contributed by atoms with Gasteiger partial charge in [0.15, 0.2) is 3.61 Å². The van der Waals surface area contributed by atoms with Crippen molar-refractivity contribution >= 4 is 28.6 Å². The lowest BCUT2D eigenvalue weighted by molar-refractivity contribution is 0.0313. The van der Waals surface area contributed by atoms with Crippen molar-refractivity contribution < 1.29 is 9.53 Å². The molecule has 1 aliphatic heterocycles. The van der Waals surface area contributed by atoms with Crippen LogP contribution in [-0.2, 0) is 8.34 Å². The predicted molar refractivity (Wildman–Crippen MR) is 67.1 cm³/mol. The molecule has 0 radical (unpaired) electrons. The molecule has 0 saturated heterocycles. The summed E-state index contributed by atoms with van der Waals surface area (Å²) in [5.41, 5.74) is 1.76. The van der Waals surface area contributed by atoms with Crippen LogP contribution in [0.1, 0.15) is 42.1 Å². The van der Waals surface area contributed by atoms with E-state index in [1.54, 1.807) is 0 Å². The number of carbonyl (C=O) groups is 1. The number of benzene rings is 1. The smallest absolute Gasteiger partial charge is 0.340 e. The van der Waals surface area contributed by atoms with Gasteiger partial charge in [0, 0.05) is 12.0 Å². The summed E-state index contributed by atoms with van der Waals surface area (Å²) in [4.78, 5) is 11.6. The second-order valence-corrected chi connectivity index (χ2v) is 5.51. The molecule has 1 aliphatic rings. The summed E-state index contributed by atoms with van der Waals surface area (Å²) in [6, 6.07) is 7.66. The molecule has 2 rings (SSSR count). The molecule has 0 N–H and O–H groups in total. The molecule has 0 aliphatic carbocycles. The van der Waals surface area contributed by atoms with Crippen LogP contribution in [0.2, 0.25) is 0 Å². The van der Waals surface area contributed by atoms with Crippen molar-refractivity contribution in [1.29, 1.82) is 0 Å². The Kier molecular flexibility index (Phi) is 3.00. The first-order valence-corrected chi connectivity index (χ1v) is 6.27. The minimum atomic E-state index is -0.429. The fourth-order valence-corrected chi connectivity index (χ4v) is 2.89. The number of carbonyl (C=O) groups excluding carboxylic acids is 1. The first kappa shape index (κ1) is 10.9. The van der Waals surface area contributed by atoms with E-state index in [1.165, 1.54) is 0 Å². The first-order chi connectivity index (χ1) is 7.17. The maximum Gasteiger partial charge on any atom is 0.340 e. The molecule has 0 spiro atoms. The summed E-state index contributed by atoms with van der Waals surface area (Å²) in [6.07, 6.45) is 3.09. The first-order valence-electron chi connectivity index (χ1n) is 5.19. The number of ether oxygens (including phenoxy) is 1. The van der Waals surface area contributed by atoms with Gasteiger partial charge in [0.2, 0.25) is 0 Å². The molecule has 1 unspecified atom stereocenters. The molecule has 3 heteroatoms. The summed E-state index contributed by atoms with van der Waals surface area (Å²) in [6.45, 7) is 2.14. The Balaban J connectivity index is 2.34. The third-order valence-corrected chi connectivity index (χ3v) is 4.00. The zero-order valence-electron chi connectivity index (χ0n) is 8.63. The third-order valence-electron chi connectivity index (χ3n) is 2.66. The number of rotatable bonds is 3. The Bertz CT molecular complexity index is 389. The van der Waals surface area contributed by atoms with E-state index in [2.05, 4.69) is 29.5 Å². The minimum Gasteiger partial charge on any atom is -0.440 e. The summed E-state index contributed by atoms with van der Waals surface area (Å²) >= 11 is 2.25. The lowest BCUT2D eigenvalue weighted by Gasteiger charge is -2.21. The van der Waals surface area contributed by atoms with Crippen molar-refractivity contribution in [2.75, 3.05) is 0 Å². The van der Waals surface area contributed by atoms with Crippen LogP contribution >= 0.6 is 22.6 Å². The quantitative estimate of drug-likeness (QED) is 0.483. The van der Waals surface area contributed by atoms with Gasteiger partial charge < -0.3 is 4.74 Å². The van der Waals surface area contributed by atoms with Crippen LogP contribution in [0.25, 0.3) is 0 Å². The summed E-state index contributed by atoms with van der Waals surface area (Å²) in [5.74, 6) is -0.184. The van der Waals surface area contributed by atoms with Crippen LogP contribution in [-0.4, -0.2) is 5.97 Å². The van der Waals surface area contributed by atoms with Crippen molar-refractivity contribution in [2.24, 2.45) is 0 Å². The van der Waals surface area contributed by atoms with Gasteiger partial charge >= 0.3 is 5.97 Å². The standard InChI is InChI=1S/C12H13IO2/c1-2-3-8-12(13)10-7-5-4-6-9(10)11(14)15-12/h4-7H,2-3,8H2,1H3. The lowest BCUT2D eigenvalue weighted by Crippen LogP contribution is -2.17. The molecular weight excluding hydrogens is 303 g/mol. The van der Waals surface area contributed by atoms with Crippen LogP contribution in [0.4, 0.5) is 0 Å². The van der Waals surface area contributed by atoms with Gasteiger partial charge in [0.1, 0.15) is 0 Å². The Hall–Kier alpha value is -0.580. The maximum atomic E-state index is 11.6. The fraction of sp³-hybridized carbons (Fsp3) is 0.417. The average molecular weight is 316 g/mol. The summed E-state index contributed by atoms with van der Waals surface area (Å²) in [7, 11) is 0. The Labute approximate surface area is 103 Å². The van der Waals surface area contributed by atoms with Gasteiger partial charge in [-0.25, -0.2) is 4.79 Å². The van der Waals surface area contributed by atoms with Crippen LogP contribution in [0.5, 0.6) is 0 Å². The van der Waals surface area contributed by atoms with E-state index >= 15 is 0 Å². The molecule has 1 aromatic carbocycles. The highest BCUT2D eigenvalue weighted by molar-refractivity contribution is 14.1. The van der Waals surface area contributed by atoms with Gasteiger partial charge in [-0.15, -0.1) is 0 Å². The number of hydrogen-bond acceptors (Lipinski definition) is 2. The monoisotopic (exact) mass is 316 g/mol. The fourth-order valence-electron chi connectivity index (χ4n) is 1.83. The second-order valence-electron chi connectivity index (χ2n) is 3.77. The number of esters is 1. The lowest BCUT2D eigenvalue weighted by atomic mass is 10.0. The van der Waals surface area contributed by atoms with Gasteiger partial charge in [-0.1, -0.05) is 31.5 Å². The highest BCUT2D eigenvalue weighted by atomic mass is 127. The third kappa shape index (κ3) is 1.89. The highest BCUT2D eigenvalue weighted by Gasteiger charge is 2.42. The zero-order valence-corrected chi connectivity index (χ0v) is 10.8. The number of unbranched alkanes of at least 4 members (excludes halogenated alkanes) is 1. The molecule has 1 aromatic rings. The van der Waals surface area contributed by atoms with E-state index < -0.39 is 3.61 Å². The van der Waals surface area contributed by atoms with E-state index in [-0.39, 0.29) is 5.97 Å². The number of hydrogen-bond donors (Lipinski definition) is 0. The Morgan fingerprint density at radius 1 is 1.40 bits per heavy atom. The van der Waals surface area contributed by atoms with E-state index in [1.807, 2.05) is 24.3 Å². The van der Waals surface area contributed by atoms with Gasteiger partial charge in [-0.05, 0) is 35.1 Å². The average Bonchev–Trinajstić information content (AvgIpc) is 2.50. The van der Waals surface area contributed by atoms with Crippen LogP contribution in [0, 0.1) is 0 Å². The summed E-state index contributed by atoms with van der Waals surface area (Å²) < 4.78 is 5.04. The SMILES string of the molecule is CCCCC1(I)OC(=O)c2ccccc21. The molecular formula is C12H13IO2. The van der Waals surface area contributed by atoms with Gasteiger partial charge in [-0.2, -0.15) is 0 Å². The van der Waals surface area contributed by atoms with E-state index in [4.69, 9.17) is 4.74 Å². The molecule has 0 saturated carbocycles. The topological polar surface area (TPSA) is 26.3 Å². The molecule has 80 valence electrons. The largest absolute Gasteiger partial charge is 0.440 e. The predicted octanol–water partition coefficient (Wildman–Crippen LogP) is 3.64. The molecule has 0 bridgehead atoms. The maximum absolute atomic E-state index is 11.6. The minimum absolute atomic E-state index is 0.184. The van der Waals surface area contributed by atoms with Crippen LogP contribution in [0.15, 0.2) is 24.3 Å². The molecule has 2 nitrogen and oxygen atoms in total. The number of halogens is 1.